The van der Waals surface area contributed by atoms with Crippen molar-refractivity contribution in [2.45, 2.75) is 19.3 Å². The minimum atomic E-state index is -0.256. The molecule has 0 radical (unpaired) electrons. The average Bonchev–Trinajstić information content (AvgIpc) is 2.93. The second kappa shape index (κ2) is 5.69. The number of aryl methyl sites for hydroxylation is 2. The number of carbonyl (C=O) groups excluding carboxylic acids is 1. The summed E-state index contributed by atoms with van der Waals surface area (Å²) in [5, 5.41) is 2.85. The van der Waals surface area contributed by atoms with Crippen molar-refractivity contribution in [2.75, 3.05) is 12.4 Å². The molecule has 0 bridgehead atoms. The maximum Gasteiger partial charge on any atom is 0.258 e. The monoisotopic (exact) mass is 303 g/mol. The fraction of sp³-hybridized carbons (Fsp3) is 0.267. The van der Waals surface area contributed by atoms with Crippen LogP contribution < -0.4 is 10.1 Å². The molecule has 0 unspecified atom stereocenters. The lowest BCUT2D eigenvalue weighted by Gasteiger charge is -2.07. The summed E-state index contributed by atoms with van der Waals surface area (Å²) in [6.07, 6.45) is 3.26. The van der Waals surface area contributed by atoms with E-state index < -0.39 is 0 Å². The molecule has 108 valence electrons. The zero-order valence-corrected chi connectivity index (χ0v) is 12.3. The van der Waals surface area contributed by atoms with Crippen molar-refractivity contribution in [1.29, 1.82) is 0 Å². The number of hydrogen-bond acceptors (Lipinski definition) is 4. The number of anilines is 1. The van der Waals surface area contributed by atoms with Gasteiger partial charge < -0.3 is 4.74 Å². The zero-order chi connectivity index (χ0) is 14.8. The first-order chi connectivity index (χ1) is 10.2. The Hall–Kier alpha value is -2.14. The third kappa shape index (κ3) is 2.97. The number of rotatable bonds is 3. The van der Waals surface area contributed by atoms with Gasteiger partial charge in [-0.15, -0.1) is 0 Å². The molecule has 0 spiro atoms. The lowest BCUT2D eigenvalue weighted by atomic mass is 10.1. The van der Waals surface area contributed by atoms with Crippen molar-refractivity contribution in [3.63, 3.8) is 0 Å². The molecule has 1 aliphatic carbocycles. The van der Waals surface area contributed by atoms with Gasteiger partial charge in [-0.05, 0) is 42.5 Å². The fourth-order valence-corrected chi connectivity index (χ4v) is 2.62. The summed E-state index contributed by atoms with van der Waals surface area (Å²) >= 11 is 5.85. The maximum absolute atomic E-state index is 12.2. The molecule has 1 aliphatic rings. The molecule has 5 nitrogen and oxygen atoms in total. The van der Waals surface area contributed by atoms with Gasteiger partial charge in [0.1, 0.15) is 5.15 Å². The quantitative estimate of drug-likeness (QED) is 0.886. The second-order valence-electron chi connectivity index (χ2n) is 4.85. The highest BCUT2D eigenvalue weighted by Crippen LogP contribution is 2.23. The van der Waals surface area contributed by atoms with E-state index in [0.29, 0.717) is 11.4 Å². The van der Waals surface area contributed by atoms with Gasteiger partial charge in [0.15, 0.2) is 0 Å². The van der Waals surface area contributed by atoms with Crippen LogP contribution in [0.5, 0.6) is 5.88 Å². The van der Waals surface area contributed by atoms with Crippen LogP contribution in [-0.4, -0.2) is 23.0 Å². The number of carbonyl (C=O) groups is 1. The van der Waals surface area contributed by atoms with Crippen LogP contribution in [-0.2, 0) is 12.8 Å². The topological polar surface area (TPSA) is 64.1 Å². The van der Waals surface area contributed by atoms with Crippen LogP contribution in [0.25, 0.3) is 0 Å². The van der Waals surface area contributed by atoms with Crippen molar-refractivity contribution < 1.29 is 9.53 Å². The third-order valence-corrected chi connectivity index (χ3v) is 3.66. The molecule has 21 heavy (non-hydrogen) atoms. The van der Waals surface area contributed by atoms with Crippen LogP contribution in [0.1, 0.15) is 27.9 Å². The first-order valence-corrected chi connectivity index (χ1v) is 7.05. The lowest BCUT2D eigenvalue weighted by molar-refractivity contribution is 0.102. The van der Waals surface area contributed by atoms with Gasteiger partial charge in [-0.25, -0.2) is 4.98 Å². The third-order valence-electron chi connectivity index (χ3n) is 3.47. The lowest BCUT2D eigenvalue weighted by Crippen LogP contribution is -2.14. The predicted octanol–water partition coefficient (Wildman–Crippen LogP) is 2.88. The molecule has 0 atom stereocenters. The van der Waals surface area contributed by atoms with E-state index in [-0.39, 0.29) is 17.0 Å². The molecular formula is C15H14ClN3O2. The van der Waals surface area contributed by atoms with E-state index in [0.717, 1.165) is 19.3 Å². The molecule has 3 rings (SSSR count). The number of nitrogens with one attached hydrogen (secondary N) is 1. The molecule has 0 saturated carbocycles. The molecule has 1 aromatic carbocycles. The van der Waals surface area contributed by atoms with Gasteiger partial charge in [-0.3, -0.25) is 10.1 Å². The van der Waals surface area contributed by atoms with E-state index in [9.17, 15) is 4.79 Å². The van der Waals surface area contributed by atoms with E-state index in [1.54, 1.807) is 0 Å². The Morgan fingerprint density at radius 2 is 2.05 bits per heavy atom. The second-order valence-corrected chi connectivity index (χ2v) is 5.24. The molecule has 0 aliphatic heterocycles. The van der Waals surface area contributed by atoms with E-state index in [2.05, 4.69) is 15.3 Å². The van der Waals surface area contributed by atoms with Crippen LogP contribution in [0.2, 0.25) is 5.15 Å². The largest absolute Gasteiger partial charge is 0.481 e. The van der Waals surface area contributed by atoms with Crippen molar-refractivity contribution in [3.8, 4) is 5.88 Å². The van der Waals surface area contributed by atoms with Gasteiger partial charge in [-0.2, -0.15) is 4.98 Å². The number of methoxy groups -OCH3 is 1. The maximum atomic E-state index is 12.2. The van der Waals surface area contributed by atoms with E-state index in [1.807, 2.05) is 18.2 Å². The normalized spacial score (nSPS) is 12.9. The van der Waals surface area contributed by atoms with Crippen LogP contribution in [0.3, 0.4) is 0 Å². The first-order valence-electron chi connectivity index (χ1n) is 6.67. The number of hydrogen-bond donors (Lipinski definition) is 1. The standard InChI is InChI=1S/C15H14ClN3O2/c1-21-13-8-12(16)17-15(18-13)19-14(20)11-6-5-9-3-2-4-10(9)7-11/h5-8H,2-4H2,1H3,(H,17,18,19,20). The summed E-state index contributed by atoms with van der Waals surface area (Å²) in [7, 11) is 1.48. The summed E-state index contributed by atoms with van der Waals surface area (Å²) in [6.45, 7) is 0. The van der Waals surface area contributed by atoms with Crippen molar-refractivity contribution in [2.24, 2.45) is 0 Å². The minimum absolute atomic E-state index is 0.129. The number of amides is 1. The SMILES string of the molecule is COc1cc(Cl)nc(NC(=O)c2ccc3c(c2)CCC3)n1. The summed E-state index contributed by atoms with van der Waals surface area (Å²) in [6, 6.07) is 7.24. The summed E-state index contributed by atoms with van der Waals surface area (Å²) in [5.74, 6) is 0.179. The van der Waals surface area contributed by atoms with Crippen LogP contribution in [0.4, 0.5) is 5.95 Å². The zero-order valence-electron chi connectivity index (χ0n) is 11.5. The van der Waals surface area contributed by atoms with Crippen LogP contribution in [0, 0.1) is 0 Å². The molecule has 1 amide bonds. The Balaban J connectivity index is 1.81. The Labute approximate surface area is 127 Å². The van der Waals surface area contributed by atoms with Gasteiger partial charge in [-0.1, -0.05) is 17.7 Å². The molecular weight excluding hydrogens is 290 g/mol. The number of ether oxygens (including phenoxy) is 1. The van der Waals surface area contributed by atoms with Crippen LogP contribution >= 0.6 is 11.6 Å². The Morgan fingerprint density at radius 3 is 2.86 bits per heavy atom. The molecule has 1 aromatic heterocycles. The number of fused-ring (bicyclic) bond motifs is 1. The summed E-state index contributed by atoms with van der Waals surface area (Å²) < 4.78 is 5.00. The van der Waals surface area contributed by atoms with Gasteiger partial charge in [0.2, 0.25) is 11.8 Å². The van der Waals surface area contributed by atoms with Gasteiger partial charge in [0.05, 0.1) is 7.11 Å². The molecule has 6 heteroatoms. The molecule has 0 saturated heterocycles. The van der Waals surface area contributed by atoms with Gasteiger partial charge in [0, 0.05) is 11.6 Å². The highest BCUT2D eigenvalue weighted by molar-refractivity contribution is 6.29. The Morgan fingerprint density at radius 1 is 1.24 bits per heavy atom. The van der Waals surface area contributed by atoms with E-state index in [1.165, 1.54) is 24.3 Å². The molecule has 1 heterocycles. The number of aromatic nitrogens is 2. The van der Waals surface area contributed by atoms with Crippen LogP contribution in [0.15, 0.2) is 24.3 Å². The van der Waals surface area contributed by atoms with Gasteiger partial charge in [0.25, 0.3) is 5.91 Å². The molecule has 0 fully saturated rings. The van der Waals surface area contributed by atoms with Crippen molar-refractivity contribution in [1.82, 2.24) is 9.97 Å². The predicted molar refractivity (Wildman–Crippen MR) is 80.0 cm³/mol. The smallest absolute Gasteiger partial charge is 0.258 e. The summed E-state index contributed by atoms with van der Waals surface area (Å²) in [5.41, 5.74) is 3.16. The van der Waals surface area contributed by atoms with E-state index in [4.69, 9.17) is 16.3 Å². The fourth-order valence-electron chi connectivity index (χ4n) is 2.44. The first kappa shape index (κ1) is 13.8. The van der Waals surface area contributed by atoms with Gasteiger partial charge >= 0.3 is 0 Å². The number of nitrogens with zero attached hydrogens (tertiary/aromatic N) is 2. The minimum Gasteiger partial charge on any atom is -0.481 e. The highest BCUT2D eigenvalue weighted by atomic mass is 35.5. The van der Waals surface area contributed by atoms with E-state index >= 15 is 0 Å². The highest BCUT2D eigenvalue weighted by Gasteiger charge is 2.15. The Kier molecular flexibility index (Phi) is 3.75. The van der Waals surface area contributed by atoms with Crippen molar-refractivity contribution >= 4 is 23.5 Å². The Bertz CT molecular complexity index is 703. The van der Waals surface area contributed by atoms with Crippen molar-refractivity contribution in [3.05, 3.63) is 46.1 Å². The molecule has 2 aromatic rings. The number of benzene rings is 1. The molecule has 1 N–H and O–H groups in total. The number of halogens is 1. The average molecular weight is 304 g/mol. The summed E-state index contributed by atoms with van der Waals surface area (Å²) in [4.78, 5) is 20.3.